The van der Waals surface area contributed by atoms with E-state index in [4.69, 9.17) is 4.74 Å². The van der Waals surface area contributed by atoms with Crippen LogP contribution in [0.15, 0.2) is 30.3 Å². The molecule has 0 bridgehead atoms. The van der Waals surface area contributed by atoms with Gasteiger partial charge >= 0.3 is 18.1 Å². The molecular weight excluding hydrogens is 444 g/mol. The minimum Gasteiger partial charge on any atom is -0.469 e. The first-order chi connectivity index (χ1) is 11.2. The average Bonchev–Trinajstić information content (AvgIpc) is 2.88. The summed E-state index contributed by atoms with van der Waals surface area (Å²) in [5, 5.41) is 0. The lowest BCUT2D eigenvalue weighted by Gasteiger charge is -2.32. The van der Waals surface area contributed by atoms with Gasteiger partial charge in [-0.1, -0.05) is 52.9 Å². The van der Waals surface area contributed by atoms with Crippen molar-refractivity contribution in [3.05, 3.63) is 35.9 Å². The van der Waals surface area contributed by atoms with Crippen molar-refractivity contribution < 1.29 is 37.0 Å². The van der Waals surface area contributed by atoms with Gasteiger partial charge < -0.3 is 14.2 Å². The molecule has 1 aromatic rings. The molecule has 1 saturated heterocycles. The number of methoxy groups -OCH3 is 2. The van der Waals surface area contributed by atoms with Crippen LogP contribution >= 0.6 is 22.6 Å². The number of esters is 2. The fraction of sp³-hybridized carbons (Fsp3) is 0.467. The Morgan fingerprint density at radius 2 is 1.75 bits per heavy atom. The maximum Gasteiger partial charge on any atom is 0.429 e. The number of halogens is 4. The van der Waals surface area contributed by atoms with Gasteiger partial charge in [0.15, 0.2) is 0 Å². The quantitative estimate of drug-likeness (QED) is 0.396. The van der Waals surface area contributed by atoms with Gasteiger partial charge in [-0.15, -0.1) is 0 Å². The lowest BCUT2D eigenvalue weighted by atomic mass is 9.85. The number of benzene rings is 1. The first-order valence-corrected chi connectivity index (χ1v) is 8.05. The summed E-state index contributed by atoms with van der Waals surface area (Å²) in [6, 6.07) is 8.07. The van der Waals surface area contributed by atoms with Crippen LogP contribution in [0.1, 0.15) is 11.7 Å². The van der Waals surface area contributed by atoms with Gasteiger partial charge in [0.1, 0.15) is 5.92 Å². The lowest BCUT2D eigenvalue weighted by molar-refractivity contribution is -0.281. The van der Waals surface area contributed by atoms with E-state index in [0.29, 0.717) is 5.56 Å². The molecule has 9 heteroatoms. The fourth-order valence-electron chi connectivity index (χ4n) is 2.74. The predicted octanol–water partition coefficient (Wildman–Crippen LogP) is 2.82. The highest BCUT2D eigenvalue weighted by atomic mass is 127. The molecule has 0 unspecified atom stereocenters. The molecule has 1 aromatic carbocycles. The second-order valence-electron chi connectivity index (χ2n) is 5.12. The van der Waals surface area contributed by atoms with Crippen LogP contribution in [0, 0.1) is 5.92 Å². The standard InChI is InChI=1S/C15H14F3IO5/c1-22-12(20)9-10(19)11(8-6-4-3-5-7-8)24-14(9,13(21)23-2)15(16,17)18/h3-7,9-11H,1-2H3/t9-,10+,11-,14+/m1/s1. The Morgan fingerprint density at radius 1 is 1.17 bits per heavy atom. The highest BCUT2D eigenvalue weighted by Crippen LogP contribution is 2.55. The molecule has 0 aromatic heterocycles. The molecule has 0 saturated carbocycles. The Bertz CT molecular complexity index is 621. The Balaban J connectivity index is 2.62. The van der Waals surface area contributed by atoms with Crippen LogP contribution in [-0.2, 0) is 23.8 Å². The summed E-state index contributed by atoms with van der Waals surface area (Å²) in [6.45, 7) is 0. The average molecular weight is 458 g/mol. The Hall–Kier alpha value is -1.36. The number of carbonyl (C=O) groups excluding carboxylic acids is 2. The van der Waals surface area contributed by atoms with Crippen molar-refractivity contribution in [3.8, 4) is 0 Å². The second kappa shape index (κ2) is 6.87. The summed E-state index contributed by atoms with van der Waals surface area (Å²) < 4.78 is 54.5. The monoisotopic (exact) mass is 458 g/mol. The largest absolute Gasteiger partial charge is 0.469 e. The molecule has 4 atom stereocenters. The normalized spacial score (nSPS) is 30.0. The minimum atomic E-state index is -5.16. The lowest BCUT2D eigenvalue weighted by Crippen LogP contribution is -2.59. The first kappa shape index (κ1) is 19.0. The minimum absolute atomic E-state index is 0.417. The number of alkyl halides is 4. The molecule has 132 valence electrons. The first-order valence-electron chi connectivity index (χ1n) is 6.80. The van der Waals surface area contributed by atoms with E-state index in [1.807, 2.05) is 0 Å². The topological polar surface area (TPSA) is 61.8 Å². The van der Waals surface area contributed by atoms with E-state index in [2.05, 4.69) is 9.47 Å². The molecule has 1 aliphatic rings. The van der Waals surface area contributed by atoms with Crippen molar-refractivity contribution in [1.82, 2.24) is 0 Å². The molecular formula is C15H14F3IO5. The van der Waals surface area contributed by atoms with Gasteiger partial charge in [-0.2, -0.15) is 13.2 Å². The SMILES string of the molecule is COC(=O)[C@H]1[C@H](I)[C@@H](c2ccccc2)O[C@@]1(C(=O)OC)C(F)(F)F. The third kappa shape index (κ3) is 2.87. The van der Waals surface area contributed by atoms with Crippen LogP contribution in [-0.4, -0.2) is 41.9 Å². The van der Waals surface area contributed by atoms with Crippen LogP contribution in [0.3, 0.4) is 0 Å². The van der Waals surface area contributed by atoms with Crippen molar-refractivity contribution in [2.75, 3.05) is 14.2 Å². The highest BCUT2D eigenvalue weighted by Gasteiger charge is 2.76. The zero-order valence-electron chi connectivity index (χ0n) is 12.7. The van der Waals surface area contributed by atoms with E-state index in [1.165, 1.54) is 0 Å². The number of hydrogen-bond donors (Lipinski definition) is 0. The number of rotatable bonds is 3. The smallest absolute Gasteiger partial charge is 0.429 e. The molecule has 24 heavy (non-hydrogen) atoms. The Morgan fingerprint density at radius 3 is 2.21 bits per heavy atom. The van der Waals surface area contributed by atoms with E-state index in [0.717, 1.165) is 14.2 Å². The van der Waals surface area contributed by atoms with Crippen molar-refractivity contribution in [2.45, 2.75) is 21.8 Å². The summed E-state index contributed by atoms with van der Waals surface area (Å²) in [7, 11) is 1.77. The molecule has 0 radical (unpaired) electrons. The molecule has 1 fully saturated rings. The Kier molecular flexibility index (Phi) is 5.43. The van der Waals surface area contributed by atoms with Gasteiger partial charge in [0.2, 0.25) is 0 Å². The van der Waals surface area contributed by atoms with Crippen molar-refractivity contribution >= 4 is 34.5 Å². The summed E-state index contributed by atoms with van der Waals surface area (Å²) in [4.78, 5) is 24.1. The number of ether oxygens (including phenoxy) is 3. The van der Waals surface area contributed by atoms with Crippen molar-refractivity contribution in [3.63, 3.8) is 0 Å². The van der Waals surface area contributed by atoms with Crippen LogP contribution in [0.2, 0.25) is 0 Å². The van der Waals surface area contributed by atoms with E-state index >= 15 is 0 Å². The van der Waals surface area contributed by atoms with E-state index in [9.17, 15) is 22.8 Å². The maximum absolute atomic E-state index is 13.8. The molecule has 1 aliphatic heterocycles. The van der Waals surface area contributed by atoms with Crippen LogP contribution in [0.5, 0.6) is 0 Å². The van der Waals surface area contributed by atoms with Gasteiger partial charge in [-0.3, -0.25) is 4.79 Å². The summed E-state index contributed by atoms with van der Waals surface area (Å²) in [6.07, 6.45) is -6.29. The third-order valence-corrected chi connectivity index (χ3v) is 5.22. The Labute approximate surface area is 149 Å². The van der Waals surface area contributed by atoms with Crippen LogP contribution < -0.4 is 0 Å². The summed E-state index contributed by atoms with van der Waals surface area (Å²) in [5.74, 6) is -4.75. The molecule has 5 nitrogen and oxygen atoms in total. The fourth-order valence-corrected chi connectivity index (χ4v) is 4.10. The van der Waals surface area contributed by atoms with Gasteiger partial charge in [-0.25, -0.2) is 4.79 Å². The summed E-state index contributed by atoms with van der Waals surface area (Å²) >= 11 is 1.68. The number of carbonyl (C=O) groups is 2. The van der Waals surface area contributed by atoms with Crippen molar-refractivity contribution in [2.24, 2.45) is 5.92 Å². The summed E-state index contributed by atoms with van der Waals surface area (Å²) in [5.41, 5.74) is -3.00. The van der Waals surface area contributed by atoms with Crippen LogP contribution in [0.4, 0.5) is 13.2 Å². The van der Waals surface area contributed by atoms with Crippen LogP contribution in [0.25, 0.3) is 0 Å². The molecule has 0 spiro atoms. The molecule has 1 heterocycles. The number of hydrogen-bond acceptors (Lipinski definition) is 5. The third-order valence-electron chi connectivity index (χ3n) is 3.85. The van der Waals surface area contributed by atoms with E-state index in [-0.39, 0.29) is 0 Å². The highest BCUT2D eigenvalue weighted by molar-refractivity contribution is 14.1. The van der Waals surface area contributed by atoms with Gasteiger partial charge in [0.25, 0.3) is 5.60 Å². The molecule has 0 amide bonds. The molecule has 2 rings (SSSR count). The molecule has 0 aliphatic carbocycles. The van der Waals surface area contributed by atoms with Gasteiger partial charge in [0.05, 0.1) is 24.2 Å². The zero-order chi connectivity index (χ0) is 18.1. The predicted molar refractivity (Wildman–Crippen MR) is 84.4 cm³/mol. The van der Waals surface area contributed by atoms with Crippen molar-refractivity contribution in [1.29, 1.82) is 0 Å². The zero-order valence-corrected chi connectivity index (χ0v) is 14.8. The van der Waals surface area contributed by atoms with Gasteiger partial charge in [-0.05, 0) is 5.56 Å². The van der Waals surface area contributed by atoms with Gasteiger partial charge in [0, 0.05) is 0 Å². The van der Waals surface area contributed by atoms with E-state index in [1.54, 1.807) is 52.9 Å². The molecule has 0 N–H and O–H groups in total. The maximum atomic E-state index is 13.8. The second-order valence-corrected chi connectivity index (χ2v) is 6.56. The van der Waals surface area contributed by atoms with E-state index < -0.39 is 39.7 Å².